The number of likely N-dealkylation sites (tertiary alicyclic amines) is 1. The standard InChI is InChI=1S/C14H13F4NO3/c15-11(8-1-3-10(4-2-8)14(16,17)18)12(20)19-6-5-9(7-19)13(21)22/h1-4,9,11H,5-7H2,(H,21,22). The van der Waals surface area contributed by atoms with Gasteiger partial charge in [0.15, 0.2) is 0 Å². The number of carbonyl (C=O) groups is 2. The quantitative estimate of drug-likeness (QED) is 0.872. The van der Waals surface area contributed by atoms with Gasteiger partial charge < -0.3 is 10.0 Å². The molecule has 0 aliphatic carbocycles. The van der Waals surface area contributed by atoms with Crippen molar-refractivity contribution in [1.82, 2.24) is 4.90 Å². The van der Waals surface area contributed by atoms with Gasteiger partial charge in [-0.2, -0.15) is 13.2 Å². The lowest BCUT2D eigenvalue weighted by molar-refractivity contribution is -0.142. The van der Waals surface area contributed by atoms with Gasteiger partial charge in [0, 0.05) is 13.1 Å². The Morgan fingerprint density at radius 2 is 1.82 bits per heavy atom. The second kappa shape index (κ2) is 5.94. The minimum atomic E-state index is -4.53. The molecule has 0 radical (unpaired) electrons. The van der Waals surface area contributed by atoms with E-state index in [0.717, 1.165) is 17.0 Å². The lowest BCUT2D eigenvalue weighted by Crippen LogP contribution is -2.32. The van der Waals surface area contributed by atoms with Crippen molar-refractivity contribution in [2.24, 2.45) is 5.92 Å². The number of carboxylic acids is 1. The highest BCUT2D eigenvalue weighted by Gasteiger charge is 2.35. The highest BCUT2D eigenvalue weighted by Crippen LogP contribution is 2.31. The largest absolute Gasteiger partial charge is 0.481 e. The maximum absolute atomic E-state index is 14.1. The summed E-state index contributed by atoms with van der Waals surface area (Å²) in [5, 5.41) is 8.84. The monoisotopic (exact) mass is 319 g/mol. The molecule has 2 atom stereocenters. The molecule has 1 N–H and O–H groups in total. The van der Waals surface area contributed by atoms with Crippen LogP contribution >= 0.6 is 0 Å². The summed E-state index contributed by atoms with van der Waals surface area (Å²) in [5.41, 5.74) is -1.11. The molecule has 1 saturated heterocycles. The van der Waals surface area contributed by atoms with Gasteiger partial charge in [0.05, 0.1) is 11.5 Å². The molecule has 1 fully saturated rings. The predicted molar refractivity (Wildman–Crippen MR) is 67.6 cm³/mol. The summed E-state index contributed by atoms with van der Waals surface area (Å²) in [5.74, 6) is -2.72. The summed E-state index contributed by atoms with van der Waals surface area (Å²) < 4.78 is 51.4. The van der Waals surface area contributed by atoms with Crippen LogP contribution in [-0.4, -0.2) is 35.0 Å². The Hall–Kier alpha value is -2.12. The number of carboxylic acid groups (broad SMARTS) is 1. The summed E-state index contributed by atoms with van der Waals surface area (Å²) in [6, 6.07) is 3.24. The van der Waals surface area contributed by atoms with E-state index in [9.17, 15) is 27.2 Å². The van der Waals surface area contributed by atoms with Crippen molar-refractivity contribution in [3.8, 4) is 0 Å². The zero-order valence-corrected chi connectivity index (χ0v) is 11.3. The predicted octanol–water partition coefficient (Wildman–Crippen LogP) is 2.65. The summed E-state index contributed by atoms with van der Waals surface area (Å²) in [7, 11) is 0. The SMILES string of the molecule is O=C(O)C1CCN(C(=O)C(F)c2ccc(C(F)(F)F)cc2)C1. The molecular formula is C14H13F4NO3. The van der Waals surface area contributed by atoms with Crippen LogP contribution in [0.15, 0.2) is 24.3 Å². The van der Waals surface area contributed by atoms with E-state index in [1.54, 1.807) is 0 Å². The summed E-state index contributed by atoms with van der Waals surface area (Å²) >= 11 is 0. The topological polar surface area (TPSA) is 57.6 Å². The number of amides is 1. The van der Waals surface area contributed by atoms with Crippen molar-refractivity contribution in [2.45, 2.75) is 18.8 Å². The first-order chi connectivity index (χ1) is 10.2. The van der Waals surface area contributed by atoms with Crippen molar-refractivity contribution >= 4 is 11.9 Å². The molecular weight excluding hydrogens is 306 g/mol. The van der Waals surface area contributed by atoms with Gasteiger partial charge in [-0.25, -0.2) is 4.39 Å². The average Bonchev–Trinajstić information content (AvgIpc) is 2.95. The van der Waals surface area contributed by atoms with Crippen molar-refractivity contribution in [2.75, 3.05) is 13.1 Å². The van der Waals surface area contributed by atoms with Crippen LogP contribution in [-0.2, 0) is 15.8 Å². The van der Waals surface area contributed by atoms with Crippen molar-refractivity contribution in [1.29, 1.82) is 0 Å². The van der Waals surface area contributed by atoms with E-state index in [-0.39, 0.29) is 25.1 Å². The van der Waals surface area contributed by atoms with Gasteiger partial charge in [0.1, 0.15) is 0 Å². The van der Waals surface area contributed by atoms with Crippen molar-refractivity contribution in [3.05, 3.63) is 35.4 Å². The molecule has 22 heavy (non-hydrogen) atoms. The van der Waals surface area contributed by atoms with E-state index in [1.165, 1.54) is 0 Å². The Morgan fingerprint density at radius 1 is 1.23 bits per heavy atom. The first-order valence-corrected chi connectivity index (χ1v) is 6.53. The highest BCUT2D eigenvalue weighted by molar-refractivity contribution is 5.83. The molecule has 1 aromatic carbocycles. The van der Waals surface area contributed by atoms with Crippen LogP contribution in [0, 0.1) is 5.92 Å². The van der Waals surface area contributed by atoms with Gasteiger partial charge in [-0.1, -0.05) is 12.1 Å². The van der Waals surface area contributed by atoms with Crippen LogP contribution in [0.5, 0.6) is 0 Å². The number of hydrogen-bond acceptors (Lipinski definition) is 2. The Morgan fingerprint density at radius 3 is 2.27 bits per heavy atom. The molecule has 120 valence electrons. The number of hydrogen-bond donors (Lipinski definition) is 1. The maximum Gasteiger partial charge on any atom is 0.416 e. The average molecular weight is 319 g/mol. The molecule has 8 heteroatoms. The van der Waals surface area contributed by atoms with Gasteiger partial charge in [0.2, 0.25) is 6.17 Å². The number of benzene rings is 1. The molecule has 1 amide bonds. The number of rotatable bonds is 3. The number of aliphatic carboxylic acids is 1. The molecule has 0 bridgehead atoms. The molecule has 1 heterocycles. The second-order valence-electron chi connectivity index (χ2n) is 5.09. The van der Waals surface area contributed by atoms with E-state index in [2.05, 4.69) is 0 Å². The van der Waals surface area contributed by atoms with Crippen LogP contribution in [0.3, 0.4) is 0 Å². The summed E-state index contributed by atoms with van der Waals surface area (Å²) in [6.45, 7) is 0.0338. The number of halogens is 4. The lowest BCUT2D eigenvalue weighted by atomic mass is 10.1. The van der Waals surface area contributed by atoms with Crippen LogP contribution < -0.4 is 0 Å². The van der Waals surface area contributed by atoms with Gasteiger partial charge in [0.25, 0.3) is 5.91 Å². The highest BCUT2D eigenvalue weighted by atomic mass is 19.4. The smallest absolute Gasteiger partial charge is 0.416 e. The first kappa shape index (κ1) is 16.3. The third kappa shape index (κ3) is 3.37. The summed E-state index contributed by atoms with van der Waals surface area (Å²) in [4.78, 5) is 23.8. The molecule has 2 unspecified atom stereocenters. The van der Waals surface area contributed by atoms with E-state index in [1.807, 2.05) is 0 Å². The third-order valence-corrected chi connectivity index (χ3v) is 3.60. The van der Waals surface area contributed by atoms with Crippen LogP contribution in [0.2, 0.25) is 0 Å². The zero-order chi connectivity index (χ0) is 16.5. The molecule has 0 aromatic heterocycles. The summed E-state index contributed by atoms with van der Waals surface area (Å²) in [6.07, 6.45) is -6.39. The fraction of sp³-hybridized carbons (Fsp3) is 0.429. The van der Waals surface area contributed by atoms with E-state index in [4.69, 9.17) is 5.11 Å². The zero-order valence-electron chi connectivity index (χ0n) is 11.3. The van der Waals surface area contributed by atoms with E-state index >= 15 is 0 Å². The minimum absolute atomic E-state index is 0.0881. The van der Waals surface area contributed by atoms with E-state index in [0.29, 0.717) is 12.1 Å². The van der Waals surface area contributed by atoms with Crippen LogP contribution in [0.4, 0.5) is 17.6 Å². The Bertz CT molecular complexity index is 570. The lowest BCUT2D eigenvalue weighted by Gasteiger charge is -2.19. The minimum Gasteiger partial charge on any atom is -0.481 e. The van der Waals surface area contributed by atoms with Gasteiger partial charge in [-0.15, -0.1) is 0 Å². The fourth-order valence-electron chi connectivity index (χ4n) is 2.31. The molecule has 0 spiro atoms. The van der Waals surface area contributed by atoms with Crippen molar-refractivity contribution < 1.29 is 32.3 Å². The molecule has 1 aliphatic rings. The van der Waals surface area contributed by atoms with Crippen LogP contribution in [0.25, 0.3) is 0 Å². The normalized spacial score (nSPS) is 20.0. The number of alkyl halides is 4. The Kier molecular flexibility index (Phi) is 4.39. The molecule has 4 nitrogen and oxygen atoms in total. The number of nitrogens with zero attached hydrogens (tertiary/aromatic N) is 1. The molecule has 0 saturated carbocycles. The van der Waals surface area contributed by atoms with Gasteiger partial charge in [-0.05, 0) is 24.1 Å². The Labute approximate surface area is 123 Å². The second-order valence-corrected chi connectivity index (χ2v) is 5.09. The third-order valence-electron chi connectivity index (χ3n) is 3.60. The Balaban J connectivity index is 2.06. The molecule has 1 aliphatic heterocycles. The van der Waals surface area contributed by atoms with Crippen LogP contribution in [0.1, 0.15) is 23.7 Å². The maximum atomic E-state index is 14.1. The van der Waals surface area contributed by atoms with Gasteiger partial charge >= 0.3 is 12.1 Å². The molecule has 2 rings (SSSR count). The van der Waals surface area contributed by atoms with Crippen molar-refractivity contribution in [3.63, 3.8) is 0 Å². The molecule has 1 aromatic rings. The van der Waals surface area contributed by atoms with E-state index < -0.39 is 35.7 Å². The first-order valence-electron chi connectivity index (χ1n) is 6.53. The number of carbonyl (C=O) groups excluding carboxylic acids is 1. The van der Waals surface area contributed by atoms with Gasteiger partial charge in [-0.3, -0.25) is 9.59 Å². The fourth-order valence-corrected chi connectivity index (χ4v) is 2.31.